The molecule has 0 aliphatic heterocycles. The smallest absolute Gasteiger partial charge is 0.183 e. The van der Waals surface area contributed by atoms with E-state index in [1.807, 2.05) is 31.2 Å². The summed E-state index contributed by atoms with van der Waals surface area (Å²) in [6, 6.07) is 13.5. The van der Waals surface area contributed by atoms with Crippen LogP contribution in [0.4, 0.5) is 0 Å². The van der Waals surface area contributed by atoms with Crippen molar-refractivity contribution < 1.29 is 13.5 Å². The molecule has 0 amide bonds. The zero-order valence-electron chi connectivity index (χ0n) is 12.0. The van der Waals surface area contributed by atoms with E-state index in [1.165, 1.54) is 18.3 Å². The van der Waals surface area contributed by atoms with Crippen molar-refractivity contribution in [1.82, 2.24) is 4.98 Å². The first-order chi connectivity index (χ1) is 10.5. The minimum absolute atomic E-state index is 0.0233. The third-order valence-electron chi connectivity index (χ3n) is 3.52. The van der Waals surface area contributed by atoms with Gasteiger partial charge >= 0.3 is 0 Å². The van der Waals surface area contributed by atoms with Crippen molar-refractivity contribution in [2.24, 2.45) is 0 Å². The molecule has 4 nitrogen and oxygen atoms in total. The molecular weight excluding hydrogens is 298 g/mol. The summed E-state index contributed by atoms with van der Waals surface area (Å²) >= 11 is 0. The first-order valence-corrected chi connectivity index (χ1v) is 8.47. The molecule has 0 unspecified atom stereocenters. The molecule has 3 rings (SSSR count). The Morgan fingerprint density at radius 2 is 1.77 bits per heavy atom. The van der Waals surface area contributed by atoms with Crippen LogP contribution < -0.4 is 0 Å². The monoisotopic (exact) mass is 313 g/mol. The fraction of sp³-hybridized carbons (Fsp3) is 0.118. The van der Waals surface area contributed by atoms with Gasteiger partial charge in [0.05, 0.1) is 10.6 Å². The molecule has 0 radical (unpaired) electrons. The number of fused-ring (bicyclic) bond motifs is 1. The third-order valence-corrected chi connectivity index (χ3v) is 5.26. The predicted octanol–water partition coefficient (Wildman–Crippen LogP) is 3.22. The van der Waals surface area contributed by atoms with Gasteiger partial charge in [-0.1, -0.05) is 29.8 Å². The van der Waals surface area contributed by atoms with Gasteiger partial charge in [0, 0.05) is 11.6 Å². The lowest BCUT2D eigenvalue weighted by molar-refractivity contribution is 0.480. The summed E-state index contributed by atoms with van der Waals surface area (Å²) in [4.78, 5) is 4.25. The van der Waals surface area contributed by atoms with Crippen LogP contribution in [0.15, 0.2) is 59.6 Å². The maximum atomic E-state index is 12.7. The molecule has 0 bridgehead atoms. The molecule has 0 saturated heterocycles. The predicted molar refractivity (Wildman–Crippen MR) is 85.5 cm³/mol. The molecule has 0 atom stereocenters. The highest BCUT2D eigenvalue weighted by atomic mass is 32.2. The number of hydrogen-bond donors (Lipinski definition) is 1. The van der Waals surface area contributed by atoms with Gasteiger partial charge in [0.2, 0.25) is 0 Å². The van der Waals surface area contributed by atoms with Gasteiger partial charge in [-0.05, 0) is 36.8 Å². The van der Waals surface area contributed by atoms with Gasteiger partial charge in [-0.2, -0.15) is 0 Å². The molecule has 22 heavy (non-hydrogen) atoms. The molecule has 1 N–H and O–H groups in total. The summed E-state index contributed by atoms with van der Waals surface area (Å²) in [5, 5.41) is 10.3. The van der Waals surface area contributed by atoms with E-state index < -0.39 is 9.84 Å². The highest BCUT2D eigenvalue weighted by Gasteiger charge is 2.19. The Morgan fingerprint density at radius 1 is 1.05 bits per heavy atom. The lowest BCUT2D eigenvalue weighted by Crippen LogP contribution is -2.06. The van der Waals surface area contributed by atoms with Crippen LogP contribution in [0, 0.1) is 6.92 Å². The number of benzene rings is 2. The molecule has 1 heterocycles. The van der Waals surface area contributed by atoms with Crippen molar-refractivity contribution in [2.75, 3.05) is 0 Å². The average Bonchev–Trinajstić information content (AvgIpc) is 2.50. The summed E-state index contributed by atoms with van der Waals surface area (Å²) in [6.45, 7) is 1.96. The Balaban J connectivity index is 2.10. The van der Waals surface area contributed by atoms with Gasteiger partial charge in [0.25, 0.3) is 0 Å². The lowest BCUT2D eigenvalue weighted by Gasteiger charge is -2.09. The molecule has 5 heteroatoms. The minimum Gasteiger partial charge on any atom is -0.506 e. The van der Waals surface area contributed by atoms with E-state index in [2.05, 4.69) is 4.98 Å². The maximum absolute atomic E-state index is 12.7. The van der Waals surface area contributed by atoms with Gasteiger partial charge < -0.3 is 5.11 Å². The van der Waals surface area contributed by atoms with E-state index in [0.29, 0.717) is 10.9 Å². The highest BCUT2D eigenvalue weighted by Crippen LogP contribution is 2.30. The van der Waals surface area contributed by atoms with E-state index in [-0.39, 0.29) is 16.4 Å². The van der Waals surface area contributed by atoms with Crippen molar-refractivity contribution in [3.8, 4) is 5.75 Å². The first kappa shape index (κ1) is 14.5. The van der Waals surface area contributed by atoms with E-state index in [9.17, 15) is 13.5 Å². The molecule has 1 aromatic heterocycles. The molecular formula is C17H15NO3S. The molecule has 2 aromatic carbocycles. The summed E-state index contributed by atoms with van der Waals surface area (Å²) < 4.78 is 25.4. The number of aromatic nitrogens is 1. The second-order valence-corrected chi connectivity index (χ2v) is 7.19. The quantitative estimate of drug-likeness (QED) is 0.806. The normalized spacial score (nSPS) is 11.7. The Morgan fingerprint density at radius 3 is 2.50 bits per heavy atom. The summed E-state index contributed by atoms with van der Waals surface area (Å²) in [5.74, 6) is -0.105. The number of aromatic hydroxyl groups is 1. The van der Waals surface area contributed by atoms with Crippen LogP contribution in [0.5, 0.6) is 5.75 Å². The summed E-state index contributed by atoms with van der Waals surface area (Å²) in [6.07, 6.45) is 1.53. The van der Waals surface area contributed by atoms with Crippen molar-refractivity contribution in [3.05, 3.63) is 65.9 Å². The third kappa shape index (κ3) is 2.67. The van der Waals surface area contributed by atoms with Crippen LogP contribution in [0.3, 0.4) is 0 Å². The largest absolute Gasteiger partial charge is 0.506 e. The van der Waals surface area contributed by atoms with Crippen LogP contribution >= 0.6 is 0 Å². The van der Waals surface area contributed by atoms with Gasteiger partial charge in [0.15, 0.2) is 9.84 Å². The summed E-state index contributed by atoms with van der Waals surface area (Å²) in [5.41, 5.74) is 2.11. The van der Waals surface area contributed by atoms with E-state index in [4.69, 9.17) is 0 Å². The SMILES string of the molecule is Cc1ccc(CS(=O)(=O)c2ccc(O)c3ncccc23)cc1. The molecule has 0 aliphatic carbocycles. The number of phenols is 1. The molecule has 0 spiro atoms. The van der Waals surface area contributed by atoms with Crippen LogP contribution in [0.1, 0.15) is 11.1 Å². The van der Waals surface area contributed by atoms with Crippen LogP contribution in [0.2, 0.25) is 0 Å². The van der Waals surface area contributed by atoms with Crippen LogP contribution in [0.25, 0.3) is 10.9 Å². The fourth-order valence-electron chi connectivity index (χ4n) is 2.38. The number of rotatable bonds is 3. The average molecular weight is 313 g/mol. The van der Waals surface area contributed by atoms with Crippen molar-refractivity contribution in [2.45, 2.75) is 17.6 Å². The minimum atomic E-state index is -3.52. The summed E-state index contributed by atoms with van der Waals surface area (Å²) in [7, 11) is -3.52. The zero-order valence-corrected chi connectivity index (χ0v) is 12.8. The number of aryl methyl sites for hydroxylation is 1. The number of nitrogens with zero attached hydrogens (tertiary/aromatic N) is 1. The molecule has 0 aliphatic rings. The standard InChI is InChI=1S/C17H15NO3S/c1-12-4-6-13(7-5-12)11-22(20,21)16-9-8-15(19)17-14(16)3-2-10-18-17/h2-10,19H,11H2,1H3. The highest BCUT2D eigenvalue weighted by molar-refractivity contribution is 7.90. The lowest BCUT2D eigenvalue weighted by atomic mass is 10.2. The van der Waals surface area contributed by atoms with Gasteiger partial charge in [0.1, 0.15) is 11.3 Å². The first-order valence-electron chi connectivity index (χ1n) is 6.82. The Kier molecular flexibility index (Phi) is 3.58. The molecule has 0 fully saturated rings. The number of sulfone groups is 1. The van der Waals surface area contributed by atoms with Crippen LogP contribution in [-0.4, -0.2) is 18.5 Å². The van der Waals surface area contributed by atoms with Crippen LogP contribution in [-0.2, 0) is 15.6 Å². The Hall–Kier alpha value is -2.40. The molecule has 112 valence electrons. The second-order valence-electron chi connectivity index (χ2n) is 5.23. The van der Waals surface area contributed by atoms with Crippen molar-refractivity contribution in [3.63, 3.8) is 0 Å². The molecule has 3 aromatic rings. The fourth-order valence-corrected chi connectivity index (χ4v) is 3.95. The Bertz CT molecular complexity index is 932. The van der Waals surface area contributed by atoms with Gasteiger partial charge in [-0.15, -0.1) is 0 Å². The second kappa shape index (κ2) is 5.42. The topological polar surface area (TPSA) is 67.3 Å². The number of hydrogen-bond acceptors (Lipinski definition) is 4. The van der Waals surface area contributed by atoms with E-state index in [0.717, 1.165) is 11.1 Å². The number of pyridine rings is 1. The van der Waals surface area contributed by atoms with Gasteiger partial charge in [-0.3, -0.25) is 4.98 Å². The van der Waals surface area contributed by atoms with Crippen molar-refractivity contribution in [1.29, 1.82) is 0 Å². The Labute approximate surface area is 129 Å². The number of phenolic OH excluding ortho intramolecular Hbond substituents is 1. The zero-order chi connectivity index (χ0) is 15.7. The maximum Gasteiger partial charge on any atom is 0.183 e. The van der Waals surface area contributed by atoms with E-state index in [1.54, 1.807) is 12.1 Å². The van der Waals surface area contributed by atoms with E-state index >= 15 is 0 Å². The van der Waals surface area contributed by atoms with Gasteiger partial charge in [-0.25, -0.2) is 8.42 Å². The van der Waals surface area contributed by atoms with Crippen molar-refractivity contribution >= 4 is 20.7 Å². The molecule has 0 saturated carbocycles.